The number of nitrogens with zero attached hydrogens (tertiary/aromatic N) is 1. The van der Waals surface area contributed by atoms with Gasteiger partial charge >= 0.3 is 0 Å². The van der Waals surface area contributed by atoms with Gasteiger partial charge in [-0.3, -0.25) is 0 Å². The van der Waals surface area contributed by atoms with Gasteiger partial charge in [0.05, 0.1) is 6.10 Å². The Hall–Kier alpha value is -1.13. The van der Waals surface area contributed by atoms with E-state index in [9.17, 15) is 9.50 Å². The first kappa shape index (κ1) is 11.4. The minimum atomic E-state index is -0.638. The van der Waals surface area contributed by atoms with E-state index < -0.39 is 6.10 Å². The molecule has 1 atom stereocenters. The van der Waals surface area contributed by atoms with Gasteiger partial charge in [-0.1, -0.05) is 0 Å². The average molecular weight is 224 g/mol. The number of hydrogen-bond donors (Lipinski definition) is 2. The summed E-state index contributed by atoms with van der Waals surface area (Å²) in [7, 11) is 0. The van der Waals surface area contributed by atoms with Crippen LogP contribution < -0.4 is 10.2 Å². The maximum atomic E-state index is 13.1. The van der Waals surface area contributed by atoms with Crippen LogP contribution in [0.5, 0.6) is 0 Å². The molecule has 1 fully saturated rings. The second-order valence-corrected chi connectivity index (χ2v) is 4.12. The molecule has 0 radical (unpaired) electrons. The molecular weight excluding hydrogens is 207 g/mol. The zero-order chi connectivity index (χ0) is 11.5. The van der Waals surface area contributed by atoms with Crippen molar-refractivity contribution in [1.29, 1.82) is 0 Å². The lowest BCUT2D eigenvalue weighted by molar-refractivity contribution is 0.199. The number of aliphatic hydroxyl groups excluding tert-OH is 1. The number of halogens is 1. The van der Waals surface area contributed by atoms with E-state index in [1.54, 1.807) is 13.0 Å². The summed E-state index contributed by atoms with van der Waals surface area (Å²) >= 11 is 0. The third kappa shape index (κ3) is 2.33. The lowest BCUT2D eigenvalue weighted by atomic mass is 10.1. The van der Waals surface area contributed by atoms with Crippen molar-refractivity contribution in [2.75, 3.05) is 31.1 Å². The summed E-state index contributed by atoms with van der Waals surface area (Å²) in [5.41, 5.74) is 1.61. The second-order valence-electron chi connectivity index (χ2n) is 4.12. The van der Waals surface area contributed by atoms with Crippen LogP contribution in [0.3, 0.4) is 0 Å². The Labute approximate surface area is 94.9 Å². The summed E-state index contributed by atoms with van der Waals surface area (Å²) in [5, 5.41) is 12.9. The van der Waals surface area contributed by atoms with Gasteiger partial charge in [0.25, 0.3) is 0 Å². The van der Waals surface area contributed by atoms with E-state index in [1.807, 2.05) is 0 Å². The van der Waals surface area contributed by atoms with Gasteiger partial charge in [0.2, 0.25) is 0 Å². The van der Waals surface area contributed by atoms with Crippen LogP contribution in [0.4, 0.5) is 10.1 Å². The van der Waals surface area contributed by atoms with Gasteiger partial charge in [0, 0.05) is 37.4 Å². The SMILES string of the molecule is C[C@@H](O)c1cc(F)ccc1N1CCNCC1. The van der Waals surface area contributed by atoms with Crippen LogP contribution in [0.2, 0.25) is 0 Å². The molecule has 0 unspecified atom stereocenters. The van der Waals surface area contributed by atoms with Crippen LogP contribution in [0, 0.1) is 5.82 Å². The summed E-state index contributed by atoms with van der Waals surface area (Å²) in [5.74, 6) is -0.296. The highest BCUT2D eigenvalue weighted by Gasteiger charge is 2.16. The van der Waals surface area contributed by atoms with Crippen molar-refractivity contribution in [1.82, 2.24) is 5.32 Å². The number of aliphatic hydroxyl groups is 1. The van der Waals surface area contributed by atoms with Crippen LogP contribution in [-0.2, 0) is 0 Å². The minimum absolute atomic E-state index is 0.296. The zero-order valence-electron chi connectivity index (χ0n) is 9.41. The van der Waals surface area contributed by atoms with Crippen LogP contribution in [0.15, 0.2) is 18.2 Å². The number of benzene rings is 1. The third-order valence-corrected chi connectivity index (χ3v) is 2.90. The largest absolute Gasteiger partial charge is 0.389 e. The van der Waals surface area contributed by atoms with Crippen molar-refractivity contribution in [3.05, 3.63) is 29.6 Å². The molecule has 1 heterocycles. The van der Waals surface area contributed by atoms with E-state index >= 15 is 0 Å². The summed E-state index contributed by atoms with van der Waals surface area (Å²) < 4.78 is 13.1. The molecule has 1 aromatic rings. The third-order valence-electron chi connectivity index (χ3n) is 2.90. The summed E-state index contributed by atoms with van der Waals surface area (Å²) in [6.07, 6.45) is -0.638. The Bertz CT molecular complexity index is 362. The van der Waals surface area contributed by atoms with Crippen molar-refractivity contribution < 1.29 is 9.50 Å². The Kier molecular flexibility index (Phi) is 3.41. The van der Waals surface area contributed by atoms with E-state index in [-0.39, 0.29) is 5.82 Å². The summed E-state index contributed by atoms with van der Waals surface area (Å²) in [6, 6.07) is 4.62. The fourth-order valence-electron chi connectivity index (χ4n) is 2.05. The van der Waals surface area contributed by atoms with Crippen molar-refractivity contribution in [2.45, 2.75) is 13.0 Å². The molecule has 1 aliphatic heterocycles. The predicted molar refractivity (Wildman–Crippen MR) is 62.1 cm³/mol. The molecule has 0 aliphatic carbocycles. The van der Waals surface area contributed by atoms with Gasteiger partial charge in [-0.05, 0) is 25.1 Å². The van der Waals surface area contributed by atoms with Gasteiger partial charge < -0.3 is 15.3 Å². The first-order valence-electron chi connectivity index (χ1n) is 5.61. The van der Waals surface area contributed by atoms with Crippen molar-refractivity contribution >= 4 is 5.69 Å². The Morgan fingerprint density at radius 3 is 2.69 bits per heavy atom. The van der Waals surface area contributed by atoms with Gasteiger partial charge in [-0.25, -0.2) is 4.39 Å². The Balaban J connectivity index is 2.31. The number of piperazine rings is 1. The molecule has 0 amide bonds. The van der Waals surface area contributed by atoms with E-state index in [0.717, 1.165) is 31.9 Å². The highest BCUT2D eigenvalue weighted by molar-refractivity contribution is 5.55. The molecule has 4 heteroatoms. The minimum Gasteiger partial charge on any atom is -0.389 e. The molecule has 1 aromatic carbocycles. The highest BCUT2D eigenvalue weighted by atomic mass is 19.1. The number of nitrogens with one attached hydrogen (secondary N) is 1. The molecule has 0 saturated carbocycles. The van der Waals surface area contributed by atoms with Gasteiger partial charge in [0.1, 0.15) is 5.82 Å². The van der Waals surface area contributed by atoms with Crippen LogP contribution >= 0.6 is 0 Å². The fraction of sp³-hybridized carbons (Fsp3) is 0.500. The summed E-state index contributed by atoms with van der Waals surface area (Å²) in [6.45, 7) is 5.31. The molecule has 0 aromatic heterocycles. The highest BCUT2D eigenvalue weighted by Crippen LogP contribution is 2.27. The molecule has 88 valence electrons. The Morgan fingerprint density at radius 1 is 1.38 bits per heavy atom. The molecule has 1 saturated heterocycles. The van der Waals surface area contributed by atoms with Crippen LogP contribution in [-0.4, -0.2) is 31.3 Å². The maximum absolute atomic E-state index is 13.1. The van der Waals surface area contributed by atoms with Crippen molar-refractivity contribution in [3.8, 4) is 0 Å². The first-order valence-corrected chi connectivity index (χ1v) is 5.61. The molecular formula is C12H17FN2O. The van der Waals surface area contributed by atoms with Crippen LogP contribution in [0.1, 0.15) is 18.6 Å². The van der Waals surface area contributed by atoms with Crippen molar-refractivity contribution in [2.24, 2.45) is 0 Å². The van der Waals surface area contributed by atoms with Gasteiger partial charge in [-0.15, -0.1) is 0 Å². The maximum Gasteiger partial charge on any atom is 0.123 e. The molecule has 16 heavy (non-hydrogen) atoms. The average Bonchev–Trinajstić information content (AvgIpc) is 2.30. The fourth-order valence-corrected chi connectivity index (χ4v) is 2.05. The molecule has 3 nitrogen and oxygen atoms in total. The topological polar surface area (TPSA) is 35.5 Å². The number of anilines is 1. The van der Waals surface area contributed by atoms with Crippen molar-refractivity contribution in [3.63, 3.8) is 0 Å². The molecule has 2 rings (SSSR count). The zero-order valence-corrected chi connectivity index (χ0v) is 9.41. The predicted octanol–water partition coefficient (Wildman–Crippen LogP) is 1.29. The normalized spacial score (nSPS) is 18.6. The monoisotopic (exact) mass is 224 g/mol. The molecule has 2 N–H and O–H groups in total. The lowest BCUT2D eigenvalue weighted by Gasteiger charge is -2.31. The van der Waals surface area contributed by atoms with E-state index in [4.69, 9.17) is 0 Å². The van der Waals surface area contributed by atoms with E-state index in [0.29, 0.717) is 5.56 Å². The number of rotatable bonds is 2. The van der Waals surface area contributed by atoms with Gasteiger partial charge in [0.15, 0.2) is 0 Å². The second kappa shape index (κ2) is 4.80. The van der Waals surface area contributed by atoms with Gasteiger partial charge in [-0.2, -0.15) is 0 Å². The van der Waals surface area contributed by atoms with E-state index in [2.05, 4.69) is 10.2 Å². The number of hydrogen-bond acceptors (Lipinski definition) is 3. The molecule has 1 aliphatic rings. The molecule has 0 spiro atoms. The quantitative estimate of drug-likeness (QED) is 0.794. The van der Waals surface area contributed by atoms with Crippen LogP contribution in [0.25, 0.3) is 0 Å². The Morgan fingerprint density at radius 2 is 2.06 bits per heavy atom. The lowest BCUT2D eigenvalue weighted by Crippen LogP contribution is -2.44. The summed E-state index contributed by atoms with van der Waals surface area (Å²) in [4.78, 5) is 2.18. The standard InChI is InChI=1S/C12H17FN2O/c1-9(16)11-8-10(13)2-3-12(11)15-6-4-14-5-7-15/h2-3,8-9,14,16H,4-7H2,1H3/t9-/m1/s1. The molecule has 0 bridgehead atoms. The smallest absolute Gasteiger partial charge is 0.123 e. The van der Waals surface area contributed by atoms with E-state index in [1.165, 1.54) is 12.1 Å². The first-order chi connectivity index (χ1) is 7.68.